The van der Waals surface area contributed by atoms with Crippen molar-refractivity contribution in [3.05, 3.63) is 71.5 Å². The number of hydrogen-bond donors (Lipinski definition) is 3. The lowest BCUT2D eigenvalue weighted by molar-refractivity contribution is 0.0739. The molecule has 7 heteroatoms. The Morgan fingerprint density at radius 3 is 2.93 bits per heavy atom. The third-order valence-electron chi connectivity index (χ3n) is 5.37. The van der Waals surface area contributed by atoms with E-state index >= 15 is 0 Å². The minimum Gasteiger partial charge on any atom is -0.350 e. The van der Waals surface area contributed by atoms with E-state index in [1.54, 1.807) is 17.2 Å². The summed E-state index contributed by atoms with van der Waals surface area (Å²) in [6.07, 6.45) is 2.36. The van der Waals surface area contributed by atoms with Gasteiger partial charge in [0.2, 0.25) is 0 Å². The summed E-state index contributed by atoms with van der Waals surface area (Å²) < 4.78 is 0. The van der Waals surface area contributed by atoms with Gasteiger partial charge in [-0.3, -0.25) is 14.6 Å². The average Bonchev–Trinajstić information content (AvgIpc) is 3.13. The summed E-state index contributed by atoms with van der Waals surface area (Å²) in [6.45, 7) is 0.773. The van der Waals surface area contributed by atoms with E-state index in [1.807, 2.05) is 42.5 Å². The highest BCUT2D eigenvalue weighted by atomic mass is 16.2. The quantitative estimate of drug-likeness (QED) is 0.504. The highest BCUT2D eigenvalue weighted by Crippen LogP contribution is 2.28. The number of fused-ring (bicyclic) bond motifs is 4. The average molecular weight is 385 g/mol. The number of carbonyl (C=O) groups excluding carboxylic acids is 2. The predicted molar refractivity (Wildman–Crippen MR) is 112 cm³/mol. The Balaban J connectivity index is 1.46. The molecular weight excluding hydrogens is 366 g/mol. The second-order valence-electron chi connectivity index (χ2n) is 7.11. The SMILES string of the molecule is NCN1CCc2c([nH]c3ccc(C(=O)Nc4cnc5ccccc5c4)cc23)C1=O. The number of aromatic nitrogens is 2. The number of nitrogens with one attached hydrogen (secondary N) is 2. The normalized spacial score (nSPS) is 13.7. The zero-order valence-electron chi connectivity index (χ0n) is 15.6. The smallest absolute Gasteiger partial charge is 0.271 e. The Bertz CT molecular complexity index is 1280. The van der Waals surface area contributed by atoms with Crippen LogP contribution in [-0.2, 0) is 6.42 Å². The van der Waals surface area contributed by atoms with Crippen molar-refractivity contribution in [2.75, 3.05) is 18.5 Å². The van der Waals surface area contributed by atoms with Crippen molar-refractivity contribution in [1.29, 1.82) is 0 Å². The molecule has 0 saturated heterocycles. The molecule has 0 aliphatic carbocycles. The van der Waals surface area contributed by atoms with Gasteiger partial charge in [-0.2, -0.15) is 0 Å². The van der Waals surface area contributed by atoms with Crippen LogP contribution in [0.2, 0.25) is 0 Å². The molecule has 29 heavy (non-hydrogen) atoms. The molecular formula is C22H19N5O2. The number of hydrogen-bond acceptors (Lipinski definition) is 4. The highest BCUT2D eigenvalue weighted by Gasteiger charge is 2.27. The van der Waals surface area contributed by atoms with Gasteiger partial charge in [0.05, 0.1) is 24.1 Å². The maximum Gasteiger partial charge on any atom is 0.271 e. The molecule has 1 aliphatic heterocycles. The molecule has 144 valence electrons. The number of nitrogens with two attached hydrogens (primary N) is 1. The second-order valence-corrected chi connectivity index (χ2v) is 7.11. The van der Waals surface area contributed by atoms with Gasteiger partial charge in [0.15, 0.2) is 0 Å². The first-order valence-electron chi connectivity index (χ1n) is 9.44. The first-order valence-corrected chi connectivity index (χ1v) is 9.44. The van der Waals surface area contributed by atoms with Gasteiger partial charge in [0.1, 0.15) is 5.69 Å². The summed E-state index contributed by atoms with van der Waals surface area (Å²) in [4.78, 5) is 34.5. The number of amides is 2. The zero-order valence-corrected chi connectivity index (χ0v) is 15.6. The van der Waals surface area contributed by atoms with Gasteiger partial charge in [-0.1, -0.05) is 18.2 Å². The largest absolute Gasteiger partial charge is 0.350 e. The van der Waals surface area contributed by atoms with Gasteiger partial charge in [-0.15, -0.1) is 0 Å². The first kappa shape index (κ1) is 17.4. The Kier molecular flexibility index (Phi) is 4.03. The van der Waals surface area contributed by atoms with Crippen LogP contribution in [0.3, 0.4) is 0 Å². The van der Waals surface area contributed by atoms with Crippen LogP contribution in [0, 0.1) is 0 Å². The van der Waals surface area contributed by atoms with E-state index in [-0.39, 0.29) is 18.5 Å². The van der Waals surface area contributed by atoms with E-state index in [9.17, 15) is 9.59 Å². The lowest BCUT2D eigenvalue weighted by atomic mass is 10.0. The van der Waals surface area contributed by atoms with Crippen molar-refractivity contribution in [3.8, 4) is 0 Å². The fourth-order valence-electron chi connectivity index (χ4n) is 3.85. The maximum absolute atomic E-state index is 12.8. The van der Waals surface area contributed by atoms with Crippen LogP contribution >= 0.6 is 0 Å². The van der Waals surface area contributed by atoms with E-state index in [0.717, 1.165) is 27.4 Å². The third-order valence-corrected chi connectivity index (χ3v) is 5.37. The summed E-state index contributed by atoms with van der Waals surface area (Å²) in [5.41, 5.74) is 10.0. The highest BCUT2D eigenvalue weighted by molar-refractivity contribution is 6.08. The van der Waals surface area contributed by atoms with Crippen LogP contribution in [0.4, 0.5) is 5.69 Å². The lowest BCUT2D eigenvalue weighted by Gasteiger charge is -2.25. The topological polar surface area (TPSA) is 104 Å². The van der Waals surface area contributed by atoms with Crippen LogP contribution in [0.25, 0.3) is 21.8 Å². The fourth-order valence-corrected chi connectivity index (χ4v) is 3.85. The molecule has 0 spiro atoms. The molecule has 2 aromatic carbocycles. The zero-order chi connectivity index (χ0) is 20.0. The number of para-hydroxylation sites is 1. The molecule has 2 amide bonds. The molecule has 0 bridgehead atoms. The molecule has 0 radical (unpaired) electrons. The van der Waals surface area contributed by atoms with E-state index in [1.165, 1.54) is 0 Å². The molecule has 5 rings (SSSR count). The fraction of sp³-hybridized carbons (Fsp3) is 0.136. The molecule has 0 saturated carbocycles. The van der Waals surface area contributed by atoms with Gasteiger partial charge in [-0.05, 0) is 42.3 Å². The van der Waals surface area contributed by atoms with Crippen molar-refractivity contribution in [2.24, 2.45) is 5.73 Å². The Morgan fingerprint density at radius 1 is 1.21 bits per heavy atom. The van der Waals surface area contributed by atoms with Crippen molar-refractivity contribution >= 4 is 39.3 Å². The standard InChI is InChI=1S/C22H19N5O2/c23-12-27-8-7-16-17-10-14(5-6-19(17)26-20(16)22(27)29)21(28)25-15-9-13-3-1-2-4-18(13)24-11-15/h1-6,9-11,26H,7-8,12,23H2,(H,25,28). The number of H-pyrrole nitrogens is 1. The molecule has 4 N–H and O–H groups in total. The second kappa shape index (κ2) is 6.72. The monoisotopic (exact) mass is 385 g/mol. The Labute approximate surface area is 166 Å². The maximum atomic E-state index is 12.8. The molecule has 7 nitrogen and oxygen atoms in total. The van der Waals surface area contributed by atoms with E-state index in [4.69, 9.17) is 5.73 Å². The van der Waals surface area contributed by atoms with Gasteiger partial charge in [0, 0.05) is 28.4 Å². The molecule has 0 unspecified atom stereocenters. The van der Waals surface area contributed by atoms with E-state index in [2.05, 4.69) is 15.3 Å². The minimum absolute atomic E-state index is 0.0989. The summed E-state index contributed by atoms with van der Waals surface area (Å²) in [7, 11) is 0. The summed E-state index contributed by atoms with van der Waals surface area (Å²) >= 11 is 0. The number of aromatic amines is 1. The summed E-state index contributed by atoms with van der Waals surface area (Å²) in [6, 6.07) is 15.1. The van der Waals surface area contributed by atoms with Crippen molar-refractivity contribution < 1.29 is 9.59 Å². The van der Waals surface area contributed by atoms with Crippen molar-refractivity contribution in [1.82, 2.24) is 14.9 Å². The van der Waals surface area contributed by atoms with Gasteiger partial charge >= 0.3 is 0 Å². The van der Waals surface area contributed by atoms with Crippen LogP contribution in [0.5, 0.6) is 0 Å². The molecule has 0 atom stereocenters. The summed E-state index contributed by atoms with van der Waals surface area (Å²) in [5.74, 6) is -0.317. The summed E-state index contributed by atoms with van der Waals surface area (Å²) in [5, 5.41) is 4.77. The number of benzene rings is 2. The van der Waals surface area contributed by atoms with Gasteiger partial charge in [0.25, 0.3) is 11.8 Å². The van der Waals surface area contributed by atoms with Gasteiger partial charge in [-0.25, -0.2) is 0 Å². The van der Waals surface area contributed by atoms with Crippen LogP contribution in [0.1, 0.15) is 26.4 Å². The number of rotatable bonds is 3. The molecule has 1 aliphatic rings. The number of anilines is 1. The molecule has 4 aromatic rings. The number of nitrogens with zero attached hydrogens (tertiary/aromatic N) is 2. The van der Waals surface area contributed by atoms with Gasteiger partial charge < -0.3 is 20.9 Å². The molecule has 2 aromatic heterocycles. The molecule has 0 fully saturated rings. The van der Waals surface area contributed by atoms with Crippen LogP contribution in [0.15, 0.2) is 54.7 Å². The number of carbonyl (C=O) groups is 2. The Morgan fingerprint density at radius 2 is 2.07 bits per heavy atom. The molecule has 3 heterocycles. The minimum atomic E-state index is -0.218. The Hall–Kier alpha value is -3.71. The van der Waals surface area contributed by atoms with Crippen molar-refractivity contribution in [3.63, 3.8) is 0 Å². The van der Waals surface area contributed by atoms with Crippen molar-refractivity contribution in [2.45, 2.75) is 6.42 Å². The lowest BCUT2D eigenvalue weighted by Crippen LogP contribution is -2.41. The van der Waals surface area contributed by atoms with E-state index < -0.39 is 0 Å². The number of pyridine rings is 1. The van der Waals surface area contributed by atoms with E-state index in [0.29, 0.717) is 29.9 Å². The predicted octanol–water partition coefficient (Wildman–Crippen LogP) is 2.88. The third kappa shape index (κ3) is 2.92. The first-order chi connectivity index (χ1) is 14.1. The van der Waals surface area contributed by atoms with Crippen LogP contribution in [-0.4, -0.2) is 39.9 Å². The van der Waals surface area contributed by atoms with Crippen LogP contribution < -0.4 is 11.1 Å².